The molecule has 1 unspecified atom stereocenters. The maximum absolute atomic E-state index is 12.5. The quantitative estimate of drug-likeness (QED) is 0.876. The number of rotatable bonds is 4. The Morgan fingerprint density at radius 2 is 2.00 bits per heavy atom. The second-order valence-electron chi connectivity index (χ2n) is 6.47. The van der Waals surface area contributed by atoms with E-state index >= 15 is 0 Å². The van der Waals surface area contributed by atoms with Crippen LogP contribution in [-0.4, -0.2) is 24.0 Å². The van der Waals surface area contributed by atoms with Crippen LogP contribution >= 0.6 is 0 Å². The number of benzene rings is 1. The smallest absolute Gasteiger partial charge is 0.271 e. The van der Waals surface area contributed by atoms with Gasteiger partial charge in [0, 0.05) is 6.04 Å². The number of amides is 2. The van der Waals surface area contributed by atoms with Gasteiger partial charge in [0.25, 0.3) is 5.91 Å². The molecule has 6 heteroatoms. The summed E-state index contributed by atoms with van der Waals surface area (Å²) in [6, 6.07) is 5.31. The Hall–Kier alpha value is -2.08. The first kappa shape index (κ1) is 16.3. The molecule has 4 N–H and O–H groups in total. The number of ether oxygens (including phenoxy) is 1. The first-order valence-corrected chi connectivity index (χ1v) is 7.32. The normalized spacial score (nSPS) is 17.9. The third kappa shape index (κ3) is 2.92. The van der Waals surface area contributed by atoms with Crippen LogP contribution in [-0.2, 0) is 9.59 Å². The average Bonchev–Trinajstić information content (AvgIpc) is 2.42. The van der Waals surface area contributed by atoms with E-state index in [1.165, 1.54) is 4.90 Å². The summed E-state index contributed by atoms with van der Waals surface area (Å²) in [5.74, 6) is -0.0746. The molecule has 1 aromatic rings. The molecular weight excluding hydrogens is 282 g/mol. The van der Waals surface area contributed by atoms with Gasteiger partial charge in [0.1, 0.15) is 12.3 Å². The summed E-state index contributed by atoms with van der Waals surface area (Å²) in [4.78, 5) is 25.2. The number of hydrogen-bond acceptors (Lipinski definition) is 4. The van der Waals surface area contributed by atoms with Crippen molar-refractivity contribution in [2.75, 3.05) is 11.4 Å². The molecule has 2 rings (SSSR count). The van der Waals surface area contributed by atoms with Gasteiger partial charge in [-0.05, 0) is 37.5 Å². The van der Waals surface area contributed by atoms with Crippen molar-refractivity contribution >= 4 is 17.5 Å². The lowest BCUT2D eigenvalue weighted by Gasteiger charge is -2.38. The first-order valence-electron chi connectivity index (χ1n) is 7.32. The summed E-state index contributed by atoms with van der Waals surface area (Å²) in [5, 5.41) is 0. The fourth-order valence-corrected chi connectivity index (χ4v) is 2.49. The molecule has 120 valence electrons. The van der Waals surface area contributed by atoms with Crippen LogP contribution in [0.25, 0.3) is 0 Å². The SMILES string of the molecule is CC(C)C(N)c1ccc2c(c1)N(CC(N)=O)C(=O)C(C)(C)O2. The Labute approximate surface area is 130 Å². The van der Waals surface area contributed by atoms with E-state index in [2.05, 4.69) is 0 Å². The number of nitrogens with zero attached hydrogens (tertiary/aromatic N) is 1. The van der Waals surface area contributed by atoms with Gasteiger partial charge in [0.15, 0.2) is 5.60 Å². The minimum absolute atomic E-state index is 0.161. The molecule has 0 saturated carbocycles. The number of nitrogens with two attached hydrogens (primary N) is 2. The van der Waals surface area contributed by atoms with Gasteiger partial charge < -0.3 is 16.2 Å². The molecule has 1 aromatic carbocycles. The Morgan fingerprint density at radius 1 is 1.36 bits per heavy atom. The Bertz CT molecular complexity index is 611. The van der Waals surface area contributed by atoms with Crippen LogP contribution < -0.4 is 21.1 Å². The van der Waals surface area contributed by atoms with Crippen LogP contribution in [0.3, 0.4) is 0 Å². The predicted octanol–water partition coefficient (Wildman–Crippen LogP) is 1.33. The van der Waals surface area contributed by atoms with Crippen molar-refractivity contribution in [1.82, 2.24) is 0 Å². The van der Waals surface area contributed by atoms with Gasteiger partial charge in [-0.1, -0.05) is 19.9 Å². The van der Waals surface area contributed by atoms with E-state index in [-0.39, 0.29) is 24.4 Å². The van der Waals surface area contributed by atoms with Crippen molar-refractivity contribution in [3.8, 4) is 5.75 Å². The Kier molecular flexibility index (Phi) is 4.15. The number of carbonyl (C=O) groups is 2. The molecule has 2 amide bonds. The van der Waals surface area contributed by atoms with E-state index in [0.29, 0.717) is 11.4 Å². The number of hydrogen-bond donors (Lipinski definition) is 2. The van der Waals surface area contributed by atoms with Crippen LogP contribution in [0.2, 0.25) is 0 Å². The van der Waals surface area contributed by atoms with Gasteiger partial charge in [-0.3, -0.25) is 14.5 Å². The van der Waals surface area contributed by atoms with Crippen LogP contribution in [0.5, 0.6) is 5.75 Å². The lowest BCUT2D eigenvalue weighted by atomic mass is 9.95. The molecule has 22 heavy (non-hydrogen) atoms. The molecule has 0 spiro atoms. The van der Waals surface area contributed by atoms with Gasteiger partial charge in [-0.15, -0.1) is 0 Å². The van der Waals surface area contributed by atoms with E-state index in [0.717, 1.165) is 5.56 Å². The molecule has 1 aliphatic heterocycles. The fourth-order valence-electron chi connectivity index (χ4n) is 2.49. The van der Waals surface area contributed by atoms with Crippen molar-refractivity contribution in [3.05, 3.63) is 23.8 Å². The highest BCUT2D eigenvalue weighted by Gasteiger charge is 2.41. The molecule has 6 nitrogen and oxygen atoms in total. The first-order chi connectivity index (χ1) is 10.1. The summed E-state index contributed by atoms with van der Waals surface area (Å²) in [6.45, 7) is 7.20. The zero-order chi connectivity index (χ0) is 16.7. The van der Waals surface area contributed by atoms with Crippen LogP contribution in [0.1, 0.15) is 39.3 Å². The van der Waals surface area contributed by atoms with Gasteiger partial charge in [-0.25, -0.2) is 0 Å². The van der Waals surface area contributed by atoms with Crippen LogP contribution in [0.15, 0.2) is 18.2 Å². The van der Waals surface area contributed by atoms with Crippen molar-refractivity contribution in [2.24, 2.45) is 17.4 Å². The van der Waals surface area contributed by atoms with Gasteiger partial charge in [0.05, 0.1) is 5.69 Å². The summed E-state index contributed by atoms with van der Waals surface area (Å²) >= 11 is 0. The predicted molar refractivity (Wildman–Crippen MR) is 84.5 cm³/mol. The number of carbonyl (C=O) groups excluding carboxylic acids is 2. The van der Waals surface area contributed by atoms with Crippen molar-refractivity contribution < 1.29 is 14.3 Å². The minimum atomic E-state index is -1.04. The molecule has 0 bridgehead atoms. The summed E-state index contributed by atoms with van der Waals surface area (Å²) in [6.07, 6.45) is 0. The standard InChI is InChI=1S/C16H23N3O3/c1-9(2)14(18)10-5-6-12-11(7-10)19(8-13(17)20)15(21)16(3,4)22-12/h5-7,9,14H,8,18H2,1-4H3,(H2,17,20). The van der Waals surface area contributed by atoms with Crippen LogP contribution in [0, 0.1) is 5.92 Å². The van der Waals surface area contributed by atoms with E-state index in [4.69, 9.17) is 16.2 Å². The molecule has 0 saturated heterocycles. The molecule has 0 aromatic heterocycles. The largest absolute Gasteiger partial charge is 0.476 e. The van der Waals surface area contributed by atoms with E-state index in [9.17, 15) is 9.59 Å². The van der Waals surface area contributed by atoms with Crippen LogP contribution in [0.4, 0.5) is 5.69 Å². The topological polar surface area (TPSA) is 98.6 Å². The average molecular weight is 305 g/mol. The number of anilines is 1. The lowest BCUT2D eigenvalue weighted by Crippen LogP contribution is -2.54. The molecule has 0 radical (unpaired) electrons. The highest BCUT2D eigenvalue weighted by atomic mass is 16.5. The highest BCUT2D eigenvalue weighted by molar-refractivity contribution is 6.05. The van der Waals surface area contributed by atoms with Crippen molar-refractivity contribution in [3.63, 3.8) is 0 Å². The molecule has 1 heterocycles. The zero-order valence-corrected chi connectivity index (χ0v) is 13.4. The van der Waals surface area contributed by atoms with Crippen molar-refractivity contribution in [1.29, 1.82) is 0 Å². The monoisotopic (exact) mass is 305 g/mol. The van der Waals surface area contributed by atoms with E-state index < -0.39 is 11.5 Å². The highest BCUT2D eigenvalue weighted by Crippen LogP contribution is 2.39. The van der Waals surface area contributed by atoms with E-state index in [1.807, 2.05) is 19.9 Å². The van der Waals surface area contributed by atoms with Gasteiger partial charge >= 0.3 is 0 Å². The maximum Gasteiger partial charge on any atom is 0.271 e. The second-order valence-corrected chi connectivity index (χ2v) is 6.47. The summed E-state index contributed by atoms with van der Waals surface area (Å²) < 4.78 is 5.75. The fraction of sp³-hybridized carbons (Fsp3) is 0.500. The van der Waals surface area contributed by atoms with Gasteiger partial charge in [0.2, 0.25) is 5.91 Å². The molecule has 0 aliphatic carbocycles. The Morgan fingerprint density at radius 3 is 2.55 bits per heavy atom. The maximum atomic E-state index is 12.5. The Balaban J connectivity index is 2.51. The molecule has 0 fully saturated rings. The van der Waals surface area contributed by atoms with E-state index in [1.54, 1.807) is 26.0 Å². The molecule has 1 atom stereocenters. The minimum Gasteiger partial charge on any atom is -0.476 e. The summed E-state index contributed by atoms with van der Waals surface area (Å²) in [5.41, 5.74) is 11.8. The van der Waals surface area contributed by atoms with Gasteiger partial charge in [-0.2, -0.15) is 0 Å². The second kappa shape index (κ2) is 5.61. The molecule has 1 aliphatic rings. The summed E-state index contributed by atoms with van der Waals surface area (Å²) in [7, 11) is 0. The molecular formula is C16H23N3O3. The third-order valence-electron chi connectivity index (χ3n) is 3.82. The third-order valence-corrected chi connectivity index (χ3v) is 3.82. The lowest BCUT2D eigenvalue weighted by molar-refractivity contribution is -0.133. The zero-order valence-electron chi connectivity index (χ0n) is 13.4. The number of fused-ring (bicyclic) bond motifs is 1. The number of primary amides is 1. The van der Waals surface area contributed by atoms with Crippen molar-refractivity contribution in [2.45, 2.75) is 39.3 Å².